The Morgan fingerprint density at radius 2 is 2.05 bits per heavy atom. The van der Waals surface area contributed by atoms with Gasteiger partial charge >= 0.3 is 0 Å². The Bertz CT molecular complexity index is 694. The quantitative estimate of drug-likeness (QED) is 0.887. The van der Waals surface area contributed by atoms with Crippen LogP contribution in [0.15, 0.2) is 41.8 Å². The molecule has 1 aromatic carbocycles. The molecule has 5 nitrogen and oxygen atoms in total. The Balaban J connectivity index is 2.04. The summed E-state index contributed by atoms with van der Waals surface area (Å²) in [6, 6.07) is 10.2. The predicted molar refractivity (Wildman–Crippen MR) is 80.4 cm³/mol. The maximum Gasteiger partial charge on any atom is 0.251 e. The highest BCUT2D eigenvalue weighted by atomic mass is 32.2. The van der Waals surface area contributed by atoms with Crippen LogP contribution in [0.5, 0.6) is 0 Å². The molecule has 0 aliphatic rings. The van der Waals surface area contributed by atoms with E-state index in [0.29, 0.717) is 17.8 Å². The smallest absolute Gasteiger partial charge is 0.251 e. The first kappa shape index (κ1) is 14.5. The minimum Gasteiger partial charge on any atom is -0.347 e. The molecule has 0 atom stereocenters. The van der Waals surface area contributed by atoms with Gasteiger partial charge in [-0.3, -0.25) is 9.52 Å². The predicted octanol–water partition coefficient (Wildman–Crippen LogP) is 2.05. The molecule has 0 aliphatic heterocycles. The number of sulfonamides is 1. The van der Waals surface area contributed by atoms with E-state index in [-0.39, 0.29) is 5.91 Å². The monoisotopic (exact) mass is 310 g/mol. The van der Waals surface area contributed by atoms with Crippen molar-refractivity contribution in [3.8, 4) is 0 Å². The molecule has 0 fully saturated rings. The van der Waals surface area contributed by atoms with Gasteiger partial charge in [0.25, 0.3) is 5.91 Å². The summed E-state index contributed by atoms with van der Waals surface area (Å²) in [6.45, 7) is 0.459. The topological polar surface area (TPSA) is 75.3 Å². The number of rotatable bonds is 5. The molecule has 0 bridgehead atoms. The molecule has 2 rings (SSSR count). The molecule has 0 aliphatic carbocycles. The van der Waals surface area contributed by atoms with Gasteiger partial charge in [-0.05, 0) is 29.6 Å². The molecule has 2 aromatic rings. The van der Waals surface area contributed by atoms with Crippen LogP contribution in [-0.2, 0) is 16.6 Å². The first-order chi connectivity index (χ1) is 9.44. The summed E-state index contributed by atoms with van der Waals surface area (Å²) in [7, 11) is -3.35. The number of benzene rings is 1. The largest absolute Gasteiger partial charge is 0.347 e. The van der Waals surface area contributed by atoms with E-state index in [4.69, 9.17) is 0 Å². The zero-order valence-corrected chi connectivity index (χ0v) is 12.4. The van der Waals surface area contributed by atoms with E-state index in [2.05, 4.69) is 10.0 Å². The van der Waals surface area contributed by atoms with Gasteiger partial charge in [-0.15, -0.1) is 11.3 Å². The molecule has 0 saturated heterocycles. The number of amides is 1. The average molecular weight is 310 g/mol. The second kappa shape index (κ2) is 6.06. The molecule has 20 heavy (non-hydrogen) atoms. The van der Waals surface area contributed by atoms with Crippen molar-refractivity contribution in [1.29, 1.82) is 0 Å². The number of hydrogen-bond acceptors (Lipinski definition) is 4. The third kappa shape index (κ3) is 4.36. The first-order valence-electron chi connectivity index (χ1n) is 5.82. The van der Waals surface area contributed by atoms with Gasteiger partial charge in [-0.1, -0.05) is 12.1 Å². The van der Waals surface area contributed by atoms with Gasteiger partial charge in [0.05, 0.1) is 12.8 Å². The summed E-state index contributed by atoms with van der Waals surface area (Å²) < 4.78 is 24.6. The third-order valence-corrected chi connectivity index (χ3v) is 3.91. The van der Waals surface area contributed by atoms with Crippen LogP contribution in [0.25, 0.3) is 0 Å². The molecule has 0 saturated carbocycles. The van der Waals surface area contributed by atoms with E-state index in [0.717, 1.165) is 11.1 Å². The van der Waals surface area contributed by atoms with Crippen LogP contribution in [0.2, 0.25) is 0 Å². The number of hydrogen-bond donors (Lipinski definition) is 2. The van der Waals surface area contributed by atoms with Crippen molar-refractivity contribution in [3.63, 3.8) is 0 Å². The second-order valence-corrected chi connectivity index (χ2v) is 7.00. The van der Waals surface area contributed by atoms with Gasteiger partial charge in [0.2, 0.25) is 10.0 Å². The number of nitrogens with one attached hydrogen (secondary N) is 2. The van der Waals surface area contributed by atoms with Gasteiger partial charge in [0, 0.05) is 16.1 Å². The summed E-state index contributed by atoms with van der Waals surface area (Å²) in [4.78, 5) is 13.0. The van der Waals surface area contributed by atoms with Crippen LogP contribution in [0, 0.1) is 0 Å². The molecule has 1 amide bonds. The molecular weight excluding hydrogens is 296 g/mol. The summed E-state index contributed by atoms with van der Waals surface area (Å²) in [5.41, 5.74) is 0.784. The highest BCUT2D eigenvalue weighted by molar-refractivity contribution is 7.92. The fourth-order valence-corrected chi connectivity index (χ4v) is 2.82. The maximum absolute atomic E-state index is 12.0. The molecule has 0 radical (unpaired) electrons. The van der Waals surface area contributed by atoms with Crippen LogP contribution in [0.3, 0.4) is 0 Å². The average Bonchev–Trinajstić information content (AvgIpc) is 2.87. The van der Waals surface area contributed by atoms with Gasteiger partial charge in [-0.2, -0.15) is 0 Å². The molecular formula is C13H14N2O3S2. The van der Waals surface area contributed by atoms with E-state index in [1.807, 2.05) is 17.5 Å². The van der Waals surface area contributed by atoms with E-state index >= 15 is 0 Å². The molecule has 7 heteroatoms. The minimum atomic E-state index is -3.35. The highest BCUT2D eigenvalue weighted by Gasteiger charge is 2.08. The molecule has 106 valence electrons. The minimum absolute atomic E-state index is 0.240. The Morgan fingerprint density at radius 1 is 1.25 bits per heavy atom. The Labute approximate surface area is 121 Å². The van der Waals surface area contributed by atoms with Gasteiger partial charge in [0.1, 0.15) is 0 Å². The summed E-state index contributed by atoms with van der Waals surface area (Å²) >= 11 is 1.56. The summed E-state index contributed by atoms with van der Waals surface area (Å²) in [5, 5.41) is 4.73. The van der Waals surface area contributed by atoms with E-state index < -0.39 is 10.0 Å². The normalized spacial score (nSPS) is 11.1. The van der Waals surface area contributed by atoms with Crippen LogP contribution in [0.4, 0.5) is 5.69 Å². The van der Waals surface area contributed by atoms with Crippen molar-refractivity contribution in [2.24, 2.45) is 0 Å². The van der Waals surface area contributed by atoms with E-state index in [9.17, 15) is 13.2 Å². The highest BCUT2D eigenvalue weighted by Crippen LogP contribution is 2.13. The number of thiophene rings is 1. The molecule has 2 N–H and O–H groups in total. The van der Waals surface area contributed by atoms with Gasteiger partial charge in [-0.25, -0.2) is 8.42 Å². The van der Waals surface area contributed by atoms with Crippen LogP contribution >= 0.6 is 11.3 Å². The Hall–Kier alpha value is -1.86. The number of anilines is 1. The lowest BCUT2D eigenvalue weighted by Crippen LogP contribution is -2.22. The number of carbonyl (C=O) groups excluding carboxylic acids is 1. The third-order valence-electron chi connectivity index (χ3n) is 2.43. The van der Waals surface area contributed by atoms with Crippen molar-refractivity contribution < 1.29 is 13.2 Å². The SMILES string of the molecule is CS(=O)(=O)Nc1cccc(C(=O)NCc2cccs2)c1. The van der Waals surface area contributed by atoms with Crippen molar-refractivity contribution in [2.75, 3.05) is 11.0 Å². The fraction of sp³-hybridized carbons (Fsp3) is 0.154. The zero-order valence-electron chi connectivity index (χ0n) is 10.8. The summed E-state index contributed by atoms with van der Waals surface area (Å²) in [5.74, 6) is -0.240. The van der Waals surface area contributed by atoms with Gasteiger partial charge < -0.3 is 5.32 Å². The Kier molecular flexibility index (Phi) is 4.41. The van der Waals surface area contributed by atoms with Crippen LogP contribution < -0.4 is 10.0 Å². The van der Waals surface area contributed by atoms with Crippen molar-refractivity contribution in [2.45, 2.75) is 6.54 Å². The second-order valence-electron chi connectivity index (χ2n) is 4.22. The van der Waals surface area contributed by atoms with Crippen molar-refractivity contribution in [1.82, 2.24) is 5.32 Å². The lowest BCUT2D eigenvalue weighted by Gasteiger charge is -2.07. The van der Waals surface area contributed by atoms with Crippen molar-refractivity contribution >= 4 is 33.0 Å². The van der Waals surface area contributed by atoms with Crippen LogP contribution in [-0.4, -0.2) is 20.6 Å². The molecule has 1 aromatic heterocycles. The molecule has 0 unspecified atom stereocenters. The van der Waals surface area contributed by atoms with E-state index in [1.54, 1.807) is 29.5 Å². The summed E-state index contributed by atoms with van der Waals surface area (Å²) in [6.07, 6.45) is 1.07. The van der Waals surface area contributed by atoms with Crippen LogP contribution in [0.1, 0.15) is 15.2 Å². The molecule has 1 heterocycles. The zero-order chi connectivity index (χ0) is 14.6. The lowest BCUT2D eigenvalue weighted by atomic mass is 10.2. The molecule has 0 spiro atoms. The van der Waals surface area contributed by atoms with Crippen molar-refractivity contribution in [3.05, 3.63) is 52.2 Å². The lowest BCUT2D eigenvalue weighted by molar-refractivity contribution is 0.0951. The van der Waals surface area contributed by atoms with Gasteiger partial charge in [0.15, 0.2) is 0 Å². The Morgan fingerprint density at radius 3 is 2.70 bits per heavy atom. The standard InChI is InChI=1S/C13H14N2O3S2/c1-20(17,18)15-11-5-2-4-10(8-11)13(16)14-9-12-6-3-7-19-12/h2-8,15H,9H2,1H3,(H,14,16). The maximum atomic E-state index is 12.0. The van der Waals surface area contributed by atoms with E-state index in [1.165, 1.54) is 6.07 Å². The first-order valence-corrected chi connectivity index (χ1v) is 8.59. The fourth-order valence-electron chi connectivity index (χ4n) is 1.62. The number of carbonyl (C=O) groups is 1.